The lowest BCUT2D eigenvalue weighted by atomic mass is 9.70. The van der Waals surface area contributed by atoms with E-state index in [1.165, 1.54) is 6.92 Å². The zero-order chi connectivity index (χ0) is 26.1. The molecule has 0 spiro atoms. The Morgan fingerprint density at radius 2 is 1.74 bits per heavy atom. The number of nitrogens with zero attached hydrogens (tertiary/aromatic N) is 2. The molecule has 3 amide bonds. The summed E-state index contributed by atoms with van der Waals surface area (Å²) in [6.45, 7) is 9.44. The average molecular weight is 482 g/mol. The van der Waals surface area contributed by atoms with E-state index < -0.39 is 46.4 Å². The van der Waals surface area contributed by atoms with Crippen molar-refractivity contribution in [2.75, 3.05) is 11.4 Å². The molecule has 9 nitrogen and oxygen atoms in total. The molecule has 0 saturated carbocycles. The minimum absolute atomic E-state index is 0.0451. The number of carbonyl (C=O) groups excluding carboxylic acids is 3. The Kier molecular flexibility index (Phi) is 7.01. The van der Waals surface area contributed by atoms with Crippen LogP contribution in [0.4, 0.5) is 10.5 Å². The number of ether oxygens (including phenoxy) is 1. The molecule has 2 aromatic carbocycles. The van der Waals surface area contributed by atoms with Gasteiger partial charge in [-0.25, -0.2) is 9.69 Å². The molecule has 9 heteroatoms. The summed E-state index contributed by atoms with van der Waals surface area (Å²) in [4.78, 5) is 51.7. The second-order valence-corrected chi connectivity index (χ2v) is 10.1. The summed E-state index contributed by atoms with van der Waals surface area (Å²) >= 11 is 0. The van der Waals surface area contributed by atoms with E-state index in [-0.39, 0.29) is 12.1 Å². The van der Waals surface area contributed by atoms with Crippen LogP contribution in [-0.4, -0.2) is 41.0 Å². The average Bonchev–Trinajstić information content (AvgIpc) is 2.94. The Balaban J connectivity index is 2.28. The van der Waals surface area contributed by atoms with Gasteiger partial charge in [0.25, 0.3) is 0 Å². The van der Waals surface area contributed by atoms with Crippen LogP contribution in [0.3, 0.4) is 0 Å². The van der Waals surface area contributed by atoms with E-state index in [1.807, 2.05) is 32.0 Å². The van der Waals surface area contributed by atoms with Gasteiger partial charge in [-0.1, -0.05) is 47.5 Å². The van der Waals surface area contributed by atoms with Gasteiger partial charge in [0.05, 0.1) is 5.69 Å². The molecule has 1 heterocycles. The molecule has 0 fully saturated rings. The van der Waals surface area contributed by atoms with Gasteiger partial charge in [0, 0.05) is 11.8 Å². The highest BCUT2D eigenvalue weighted by atomic mass is 16.6. The van der Waals surface area contributed by atoms with Crippen molar-refractivity contribution in [3.63, 3.8) is 0 Å². The Bertz CT molecular complexity index is 1150. The number of benzene rings is 2. The summed E-state index contributed by atoms with van der Waals surface area (Å²) in [5, 5.41) is 14.4. The Hall–Kier alpha value is -3.75. The van der Waals surface area contributed by atoms with Crippen molar-refractivity contribution in [2.45, 2.75) is 65.0 Å². The van der Waals surface area contributed by atoms with E-state index in [0.717, 1.165) is 21.6 Å². The minimum atomic E-state index is -1.60. The second-order valence-electron chi connectivity index (χ2n) is 10.1. The van der Waals surface area contributed by atoms with Gasteiger partial charge >= 0.3 is 6.09 Å². The molecule has 2 atom stereocenters. The SMILES string of the molecule is CC(=O)N[C@H](C[N+](=O)[O-])[C@]1(Cc2cc(C)cc(C)c2)C(=O)N(C(=O)OC(C)(C)C)c2ccccc21. The van der Waals surface area contributed by atoms with Crippen LogP contribution in [0.25, 0.3) is 0 Å². The zero-order valence-corrected chi connectivity index (χ0v) is 20.9. The molecule has 0 aliphatic carbocycles. The molecule has 0 aromatic heterocycles. The molecule has 186 valence electrons. The molecule has 0 saturated heterocycles. The van der Waals surface area contributed by atoms with Crippen LogP contribution >= 0.6 is 0 Å². The van der Waals surface area contributed by atoms with Crippen molar-refractivity contribution in [1.82, 2.24) is 5.32 Å². The summed E-state index contributed by atoms with van der Waals surface area (Å²) in [7, 11) is 0. The molecule has 0 bridgehead atoms. The van der Waals surface area contributed by atoms with Gasteiger partial charge in [-0.05, 0) is 58.2 Å². The van der Waals surface area contributed by atoms with Crippen molar-refractivity contribution in [3.8, 4) is 0 Å². The first-order valence-electron chi connectivity index (χ1n) is 11.4. The predicted octanol–water partition coefficient (Wildman–Crippen LogP) is 3.85. The maximum atomic E-state index is 14.2. The molecule has 0 radical (unpaired) electrons. The third-order valence-electron chi connectivity index (χ3n) is 5.85. The second kappa shape index (κ2) is 9.48. The molecule has 2 aromatic rings. The number of carbonyl (C=O) groups is 3. The monoisotopic (exact) mass is 481 g/mol. The fraction of sp³-hybridized carbons (Fsp3) is 0.423. The lowest BCUT2D eigenvalue weighted by molar-refractivity contribution is -0.484. The molecule has 0 unspecified atom stereocenters. The number of fused-ring (bicyclic) bond motifs is 1. The van der Waals surface area contributed by atoms with Gasteiger partial charge < -0.3 is 10.1 Å². The number of hydrogen-bond acceptors (Lipinski definition) is 6. The standard InChI is InChI=1S/C26H31N3O6/c1-16-11-17(2)13-19(12-16)14-26(22(15-28(33)34)27-18(3)30)20-9-7-8-10-21(20)29(23(26)31)24(32)35-25(4,5)6/h7-13,22H,14-15H2,1-6H3,(H,27,30)/t22-,26-/m1/s1. The highest BCUT2D eigenvalue weighted by Crippen LogP contribution is 2.47. The van der Waals surface area contributed by atoms with Crippen LogP contribution in [0, 0.1) is 24.0 Å². The molecule has 1 aliphatic rings. The van der Waals surface area contributed by atoms with Crippen molar-refractivity contribution in [2.24, 2.45) is 0 Å². The number of nitrogens with one attached hydrogen (secondary N) is 1. The summed E-state index contributed by atoms with van der Waals surface area (Å²) < 4.78 is 5.52. The van der Waals surface area contributed by atoms with Gasteiger partial charge in [0.1, 0.15) is 17.1 Å². The smallest absolute Gasteiger partial charge is 0.421 e. The summed E-state index contributed by atoms with van der Waals surface area (Å²) in [6.07, 6.45) is -0.830. The van der Waals surface area contributed by atoms with E-state index in [9.17, 15) is 24.5 Å². The number of amides is 3. The van der Waals surface area contributed by atoms with E-state index in [1.54, 1.807) is 45.0 Å². The first-order chi connectivity index (χ1) is 16.2. The van der Waals surface area contributed by atoms with Crippen molar-refractivity contribution < 1.29 is 24.0 Å². The normalized spacial score (nSPS) is 18.1. The van der Waals surface area contributed by atoms with Crippen molar-refractivity contribution in [1.29, 1.82) is 0 Å². The molecular weight excluding hydrogens is 450 g/mol. The van der Waals surface area contributed by atoms with E-state index in [0.29, 0.717) is 5.56 Å². The topological polar surface area (TPSA) is 119 Å². The fourth-order valence-corrected chi connectivity index (χ4v) is 4.80. The van der Waals surface area contributed by atoms with E-state index >= 15 is 0 Å². The molecule has 1 N–H and O–H groups in total. The Labute approximate surface area is 204 Å². The van der Waals surface area contributed by atoms with Crippen LogP contribution in [0.2, 0.25) is 0 Å². The van der Waals surface area contributed by atoms with Gasteiger partial charge in [0.15, 0.2) is 0 Å². The van der Waals surface area contributed by atoms with Gasteiger partial charge in [-0.3, -0.25) is 19.7 Å². The predicted molar refractivity (Wildman–Crippen MR) is 131 cm³/mol. The maximum absolute atomic E-state index is 14.2. The Morgan fingerprint density at radius 3 is 2.29 bits per heavy atom. The van der Waals surface area contributed by atoms with E-state index in [4.69, 9.17) is 4.74 Å². The first kappa shape index (κ1) is 25.9. The fourth-order valence-electron chi connectivity index (χ4n) is 4.80. The Morgan fingerprint density at radius 1 is 1.14 bits per heavy atom. The third-order valence-corrected chi connectivity index (χ3v) is 5.85. The van der Waals surface area contributed by atoms with Gasteiger partial charge in [0.2, 0.25) is 18.4 Å². The number of nitro groups is 1. The minimum Gasteiger partial charge on any atom is -0.443 e. The highest BCUT2D eigenvalue weighted by molar-refractivity contribution is 6.21. The maximum Gasteiger partial charge on any atom is 0.421 e. The molecule has 3 rings (SSSR count). The number of anilines is 1. The number of hydrogen-bond donors (Lipinski definition) is 1. The van der Waals surface area contributed by atoms with Crippen molar-refractivity contribution in [3.05, 3.63) is 74.8 Å². The highest BCUT2D eigenvalue weighted by Gasteiger charge is 2.59. The number of para-hydroxylation sites is 1. The molecule has 1 aliphatic heterocycles. The van der Waals surface area contributed by atoms with E-state index in [2.05, 4.69) is 5.32 Å². The van der Waals surface area contributed by atoms with Crippen molar-refractivity contribution >= 4 is 23.6 Å². The zero-order valence-electron chi connectivity index (χ0n) is 20.9. The largest absolute Gasteiger partial charge is 0.443 e. The van der Waals surface area contributed by atoms with Crippen LogP contribution in [0.5, 0.6) is 0 Å². The van der Waals surface area contributed by atoms with Gasteiger partial charge in [-0.2, -0.15) is 0 Å². The third kappa shape index (κ3) is 5.34. The lowest BCUT2D eigenvalue weighted by Crippen LogP contribution is -2.60. The summed E-state index contributed by atoms with van der Waals surface area (Å²) in [5.41, 5.74) is 0.919. The number of aryl methyl sites for hydroxylation is 2. The summed E-state index contributed by atoms with van der Waals surface area (Å²) in [6, 6.07) is 11.2. The first-order valence-corrected chi connectivity index (χ1v) is 11.4. The molecule has 35 heavy (non-hydrogen) atoms. The quantitative estimate of drug-likeness (QED) is 0.495. The number of imide groups is 1. The van der Waals surface area contributed by atoms with Crippen LogP contribution in [-0.2, 0) is 26.2 Å². The van der Waals surface area contributed by atoms with Crippen LogP contribution in [0.1, 0.15) is 49.9 Å². The number of rotatable bonds is 6. The van der Waals surface area contributed by atoms with Gasteiger partial charge in [-0.15, -0.1) is 0 Å². The summed E-state index contributed by atoms with van der Waals surface area (Å²) in [5.74, 6) is -1.19. The van der Waals surface area contributed by atoms with Crippen LogP contribution < -0.4 is 10.2 Å². The molecular formula is C26H31N3O6. The van der Waals surface area contributed by atoms with Crippen LogP contribution in [0.15, 0.2) is 42.5 Å². The lowest BCUT2D eigenvalue weighted by Gasteiger charge is -2.35.